The molecule has 0 amide bonds. The second-order valence-corrected chi connectivity index (χ2v) is 4.47. The summed E-state index contributed by atoms with van der Waals surface area (Å²) in [6, 6.07) is 5.64. The Balaban J connectivity index is 2.17. The van der Waals surface area contributed by atoms with E-state index in [0.717, 1.165) is 27.7 Å². The van der Waals surface area contributed by atoms with Gasteiger partial charge in [0.15, 0.2) is 0 Å². The Morgan fingerprint density at radius 3 is 2.83 bits per heavy atom. The minimum atomic E-state index is 0.765. The van der Waals surface area contributed by atoms with Gasteiger partial charge in [-0.2, -0.15) is 5.10 Å². The highest BCUT2D eigenvalue weighted by Gasteiger charge is 2.12. The molecule has 0 spiro atoms. The van der Waals surface area contributed by atoms with Crippen LogP contribution in [0, 0.1) is 0 Å². The first kappa shape index (κ1) is 11.0. The average Bonchev–Trinajstić information content (AvgIpc) is 2.98. The van der Waals surface area contributed by atoms with Gasteiger partial charge in [-0.05, 0) is 18.2 Å². The lowest BCUT2D eigenvalue weighted by atomic mass is 10.1. The molecule has 0 aliphatic heterocycles. The molecule has 0 atom stereocenters. The Morgan fingerprint density at radius 1 is 1.22 bits per heavy atom. The van der Waals surface area contributed by atoms with Crippen molar-refractivity contribution >= 4 is 16.3 Å². The second-order valence-electron chi connectivity index (χ2n) is 3.66. The smallest absolute Gasteiger partial charge is 0.212 e. The van der Waals surface area contributed by atoms with E-state index in [1.807, 2.05) is 24.4 Å². The molecular weight excluding hydrogens is 250 g/mol. The van der Waals surface area contributed by atoms with Crippen molar-refractivity contribution in [3.63, 3.8) is 0 Å². The molecule has 2 aromatic heterocycles. The molecule has 6 heteroatoms. The quantitative estimate of drug-likeness (QED) is 0.726. The molecule has 92 valence electrons. The molecule has 0 saturated heterocycles. The van der Waals surface area contributed by atoms with E-state index >= 15 is 0 Å². The summed E-state index contributed by atoms with van der Waals surface area (Å²) in [4.78, 5) is 5.37. The zero-order valence-corrected chi connectivity index (χ0v) is 10.8. The fraction of sp³-hybridized carbons (Fsp3) is 0.167. The summed E-state index contributed by atoms with van der Waals surface area (Å²) in [5.74, 6) is 1.54. The van der Waals surface area contributed by atoms with Gasteiger partial charge >= 0.3 is 0 Å². The van der Waals surface area contributed by atoms with E-state index in [4.69, 9.17) is 9.47 Å². The molecule has 0 unspecified atom stereocenters. The lowest BCUT2D eigenvalue weighted by Crippen LogP contribution is -1.90. The van der Waals surface area contributed by atoms with Crippen molar-refractivity contribution in [2.75, 3.05) is 14.2 Å². The minimum Gasteiger partial charge on any atom is -0.497 e. The molecule has 1 aromatic carbocycles. The normalized spacial score (nSPS) is 10.8. The van der Waals surface area contributed by atoms with Gasteiger partial charge in [0.2, 0.25) is 4.96 Å². The fourth-order valence-electron chi connectivity index (χ4n) is 1.78. The van der Waals surface area contributed by atoms with Crippen molar-refractivity contribution in [2.45, 2.75) is 0 Å². The van der Waals surface area contributed by atoms with Gasteiger partial charge in [-0.25, -0.2) is 9.50 Å². The monoisotopic (exact) mass is 261 g/mol. The van der Waals surface area contributed by atoms with Crippen LogP contribution in [0.3, 0.4) is 0 Å². The van der Waals surface area contributed by atoms with Crippen LogP contribution in [0.4, 0.5) is 0 Å². The summed E-state index contributed by atoms with van der Waals surface area (Å²) in [5.41, 5.74) is 3.48. The maximum atomic E-state index is 5.35. The topological polar surface area (TPSA) is 48.7 Å². The van der Waals surface area contributed by atoms with Gasteiger partial charge < -0.3 is 9.47 Å². The van der Waals surface area contributed by atoms with Crippen molar-refractivity contribution in [2.24, 2.45) is 0 Å². The Morgan fingerprint density at radius 2 is 2.11 bits per heavy atom. The van der Waals surface area contributed by atoms with Crippen LogP contribution in [-0.4, -0.2) is 28.8 Å². The molecule has 0 radical (unpaired) electrons. The predicted octanol–water partition coefficient (Wildman–Crippen LogP) is 2.48. The third-order valence-electron chi connectivity index (χ3n) is 2.67. The van der Waals surface area contributed by atoms with E-state index in [-0.39, 0.29) is 0 Å². The lowest BCUT2D eigenvalue weighted by Gasteiger charge is -2.08. The second kappa shape index (κ2) is 4.30. The zero-order valence-electron chi connectivity index (χ0n) is 9.95. The van der Waals surface area contributed by atoms with Crippen LogP contribution in [0.15, 0.2) is 29.9 Å². The van der Waals surface area contributed by atoms with Crippen LogP contribution in [-0.2, 0) is 0 Å². The number of methoxy groups -OCH3 is 2. The number of ether oxygens (including phenoxy) is 2. The summed E-state index contributed by atoms with van der Waals surface area (Å²) in [6.07, 6.45) is 1.88. The Bertz CT molecular complexity index is 661. The molecule has 0 bridgehead atoms. The Labute approximate surface area is 108 Å². The Hall–Kier alpha value is -2.08. The van der Waals surface area contributed by atoms with Gasteiger partial charge in [0.05, 0.1) is 26.1 Å². The van der Waals surface area contributed by atoms with E-state index < -0.39 is 0 Å². The highest BCUT2D eigenvalue weighted by molar-refractivity contribution is 7.14. The van der Waals surface area contributed by atoms with E-state index in [2.05, 4.69) is 10.1 Å². The lowest BCUT2D eigenvalue weighted by molar-refractivity contribution is 0.404. The predicted molar refractivity (Wildman–Crippen MR) is 69.4 cm³/mol. The first-order chi connectivity index (χ1) is 8.81. The van der Waals surface area contributed by atoms with Crippen molar-refractivity contribution < 1.29 is 9.47 Å². The molecule has 18 heavy (non-hydrogen) atoms. The summed E-state index contributed by atoms with van der Waals surface area (Å²) in [5, 5.41) is 4.16. The SMILES string of the molecule is COc1ccc(OC)c(-c2cn3ncsc3n2)c1. The maximum Gasteiger partial charge on any atom is 0.212 e. The number of fused-ring (bicyclic) bond motifs is 1. The van der Waals surface area contributed by atoms with Gasteiger partial charge in [-0.1, -0.05) is 11.3 Å². The van der Waals surface area contributed by atoms with Crippen LogP contribution in [0.5, 0.6) is 11.5 Å². The van der Waals surface area contributed by atoms with Crippen LogP contribution in [0.2, 0.25) is 0 Å². The van der Waals surface area contributed by atoms with Crippen LogP contribution in [0.25, 0.3) is 16.2 Å². The molecule has 5 nitrogen and oxygen atoms in total. The number of aromatic nitrogens is 3. The minimum absolute atomic E-state index is 0.765. The number of nitrogens with zero attached hydrogens (tertiary/aromatic N) is 3. The molecular formula is C12H11N3O2S. The summed E-state index contributed by atoms with van der Waals surface area (Å²) >= 11 is 1.49. The largest absolute Gasteiger partial charge is 0.497 e. The van der Waals surface area contributed by atoms with E-state index in [9.17, 15) is 0 Å². The van der Waals surface area contributed by atoms with Gasteiger partial charge in [-0.3, -0.25) is 0 Å². The summed E-state index contributed by atoms with van der Waals surface area (Å²) in [7, 11) is 3.28. The van der Waals surface area contributed by atoms with Gasteiger partial charge in [0.25, 0.3) is 0 Å². The average molecular weight is 261 g/mol. The molecule has 0 fully saturated rings. The number of hydrogen-bond acceptors (Lipinski definition) is 5. The first-order valence-corrected chi connectivity index (χ1v) is 6.21. The van der Waals surface area contributed by atoms with E-state index in [1.165, 1.54) is 11.3 Å². The third-order valence-corrected chi connectivity index (χ3v) is 3.36. The van der Waals surface area contributed by atoms with Crippen LogP contribution >= 0.6 is 11.3 Å². The standard InChI is InChI=1S/C12H11N3O2S/c1-16-8-3-4-11(17-2)9(5-8)10-6-15-12(14-10)18-7-13-15/h3-7H,1-2H3. The maximum absolute atomic E-state index is 5.35. The highest BCUT2D eigenvalue weighted by Crippen LogP contribution is 2.33. The summed E-state index contributed by atoms with van der Waals surface area (Å²) < 4.78 is 12.3. The summed E-state index contributed by atoms with van der Waals surface area (Å²) in [6.45, 7) is 0. The third kappa shape index (κ3) is 1.70. The number of benzene rings is 1. The molecule has 0 aliphatic carbocycles. The van der Waals surface area contributed by atoms with Crippen LogP contribution in [0.1, 0.15) is 0 Å². The first-order valence-electron chi connectivity index (χ1n) is 5.33. The van der Waals surface area contributed by atoms with Crippen molar-refractivity contribution in [3.8, 4) is 22.8 Å². The Kier molecular flexibility index (Phi) is 2.64. The van der Waals surface area contributed by atoms with E-state index in [0.29, 0.717) is 0 Å². The van der Waals surface area contributed by atoms with Gasteiger partial charge in [-0.15, -0.1) is 0 Å². The molecule has 0 saturated carbocycles. The molecule has 0 aliphatic rings. The molecule has 3 aromatic rings. The number of rotatable bonds is 3. The molecule has 3 rings (SSSR count). The van der Waals surface area contributed by atoms with Crippen LogP contribution < -0.4 is 9.47 Å². The van der Waals surface area contributed by atoms with E-state index in [1.54, 1.807) is 24.2 Å². The van der Waals surface area contributed by atoms with Crippen molar-refractivity contribution in [1.29, 1.82) is 0 Å². The van der Waals surface area contributed by atoms with Gasteiger partial charge in [0, 0.05) is 5.56 Å². The number of hydrogen-bond donors (Lipinski definition) is 0. The van der Waals surface area contributed by atoms with Crippen molar-refractivity contribution in [3.05, 3.63) is 29.9 Å². The fourth-order valence-corrected chi connectivity index (χ4v) is 2.38. The van der Waals surface area contributed by atoms with Gasteiger partial charge in [0.1, 0.15) is 17.0 Å². The highest BCUT2D eigenvalue weighted by atomic mass is 32.1. The number of imidazole rings is 1. The zero-order chi connectivity index (χ0) is 12.5. The molecule has 2 heterocycles. The van der Waals surface area contributed by atoms with Crippen molar-refractivity contribution in [1.82, 2.24) is 14.6 Å². The molecule has 0 N–H and O–H groups in total.